The average Bonchev–Trinajstić information content (AvgIpc) is 3.86. The van der Waals surface area contributed by atoms with E-state index in [1.54, 1.807) is 12.1 Å². The summed E-state index contributed by atoms with van der Waals surface area (Å²) in [5.41, 5.74) is 11.3. The minimum atomic E-state index is 0.178. The zero-order valence-electron chi connectivity index (χ0n) is 23.5. The number of phenols is 2. The van der Waals surface area contributed by atoms with E-state index in [1.165, 1.54) is 0 Å². The summed E-state index contributed by atoms with van der Waals surface area (Å²) < 4.78 is 0. The Hall–Kier alpha value is -6.14. The first-order valence-electron chi connectivity index (χ1n) is 14.4. The number of aromatic hydroxyl groups is 2. The summed E-state index contributed by atoms with van der Waals surface area (Å²) >= 11 is 0. The highest BCUT2D eigenvalue weighted by molar-refractivity contribution is 5.98. The fourth-order valence-electron chi connectivity index (χ4n) is 5.98. The molecule has 0 spiro atoms. The van der Waals surface area contributed by atoms with Crippen molar-refractivity contribution in [3.05, 3.63) is 132 Å². The molecule has 6 heteroatoms. The van der Waals surface area contributed by atoms with Crippen LogP contribution in [0.15, 0.2) is 109 Å². The lowest BCUT2D eigenvalue weighted by atomic mass is 10.0. The van der Waals surface area contributed by atoms with Gasteiger partial charge in [-0.2, -0.15) is 0 Å². The molecule has 0 amide bonds. The van der Waals surface area contributed by atoms with Gasteiger partial charge in [-0.25, -0.2) is 9.97 Å². The van der Waals surface area contributed by atoms with Gasteiger partial charge in [0, 0.05) is 49.9 Å². The number of nitrogens with one attached hydrogen (secondary N) is 2. The van der Waals surface area contributed by atoms with Crippen LogP contribution in [0.2, 0.25) is 0 Å². The third-order valence-corrected chi connectivity index (χ3v) is 7.99. The van der Waals surface area contributed by atoms with E-state index in [0.29, 0.717) is 11.1 Å². The van der Waals surface area contributed by atoms with Crippen molar-refractivity contribution in [2.45, 2.75) is 0 Å². The lowest BCUT2D eigenvalue weighted by Gasteiger charge is -2.07. The van der Waals surface area contributed by atoms with Gasteiger partial charge in [-0.15, -0.1) is 0 Å². The third-order valence-electron chi connectivity index (χ3n) is 7.99. The summed E-state index contributed by atoms with van der Waals surface area (Å²) in [6, 6.07) is 34.9. The average molecular weight is 571 g/mol. The van der Waals surface area contributed by atoms with E-state index in [1.807, 2.05) is 109 Å². The van der Waals surface area contributed by atoms with Gasteiger partial charge in [0.1, 0.15) is 11.5 Å². The fourth-order valence-corrected chi connectivity index (χ4v) is 5.98. The van der Waals surface area contributed by atoms with E-state index in [9.17, 15) is 10.2 Å². The second-order valence-corrected chi connectivity index (χ2v) is 10.8. The van der Waals surface area contributed by atoms with Gasteiger partial charge in [0.25, 0.3) is 0 Å². The first kappa shape index (κ1) is 25.6. The smallest absolute Gasteiger partial charge is 0.123 e. The topological polar surface area (TPSA) is 97.8 Å². The minimum absolute atomic E-state index is 0.178. The van der Waals surface area contributed by atoms with Gasteiger partial charge in [-0.1, -0.05) is 66.7 Å². The molecule has 3 aromatic carbocycles. The number of aromatic nitrogens is 4. The Balaban J connectivity index is 1.55. The van der Waals surface area contributed by atoms with E-state index in [4.69, 9.17) is 9.97 Å². The highest BCUT2D eigenvalue weighted by Gasteiger charge is 2.18. The largest absolute Gasteiger partial charge is 0.507 e. The second-order valence-electron chi connectivity index (χ2n) is 10.8. The molecule has 210 valence electrons. The fraction of sp³-hybridized carbons (Fsp3) is 0. The first-order chi connectivity index (χ1) is 21.6. The van der Waals surface area contributed by atoms with E-state index in [2.05, 4.69) is 22.1 Å². The van der Waals surface area contributed by atoms with Crippen LogP contribution in [0.1, 0.15) is 22.8 Å². The summed E-state index contributed by atoms with van der Waals surface area (Å²) in [4.78, 5) is 17.3. The Bertz CT molecular complexity index is 2270. The zero-order chi connectivity index (χ0) is 29.6. The molecule has 2 aliphatic rings. The molecule has 4 N–H and O–H groups in total. The van der Waals surface area contributed by atoms with Gasteiger partial charge < -0.3 is 20.2 Å². The summed E-state index contributed by atoms with van der Waals surface area (Å²) in [5, 5.41) is 21.9. The van der Waals surface area contributed by atoms with Crippen molar-refractivity contribution in [1.29, 1.82) is 0 Å². The van der Waals surface area contributed by atoms with E-state index in [-0.39, 0.29) is 11.5 Å². The van der Waals surface area contributed by atoms with Gasteiger partial charge in [-0.3, -0.25) is 0 Å². The lowest BCUT2D eigenvalue weighted by molar-refractivity contribution is 0.477. The molecule has 0 atom stereocenters. The van der Waals surface area contributed by atoms with Gasteiger partial charge in [-0.05, 0) is 72.3 Å². The Kier molecular flexibility index (Phi) is 5.98. The number of para-hydroxylation sites is 2. The van der Waals surface area contributed by atoms with Crippen molar-refractivity contribution in [1.82, 2.24) is 19.9 Å². The third kappa shape index (κ3) is 4.37. The zero-order valence-corrected chi connectivity index (χ0v) is 23.5. The van der Waals surface area contributed by atoms with Crippen molar-refractivity contribution in [2.75, 3.05) is 0 Å². The summed E-state index contributed by atoms with van der Waals surface area (Å²) in [5.74, 6) is 0.356. The first-order valence-corrected chi connectivity index (χ1v) is 14.4. The van der Waals surface area contributed by atoms with Crippen LogP contribution in [0.25, 0.3) is 79.8 Å². The van der Waals surface area contributed by atoms with Gasteiger partial charge >= 0.3 is 0 Å². The maximum absolute atomic E-state index is 10.9. The minimum Gasteiger partial charge on any atom is -0.507 e. The van der Waals surface area contributed by atoms with Crippen LogP contribution in [-0.2, 0) is 0 Å². The molecule has 0 saturated carbocycles. The number of fused-ring (bicyclic) bond motifs is 8. The van der Waals surface area contributed by atoms with Crippen molar-refractivity contribution in [3.8, 4) is 44.9 Å². The molecule has 8 rings (SSSR count). The molecule has 44 heavy (non-hydrogen) atoms. The van der Waals surface area contributed by atoms with Gasteiger partial charge in [0.15, 0.2) is 0 Å². The van der Waals surface area contributed by atoms with Crippen LogP contribution in [0.5, 0.6) is 11.5 Å². The van der Waals surface area contributed by atoms with E-state index >= 15 is 0 Å². The van der Waals surface area contributed by atoms with Crippen molar-refractivity contribution in [2.24, 2.45) is 0 Å². The number of hydrogen-bond acceptors (Lipinski definition) is 4. The number of nitrogens with zero attached hydrogens (tertiary/aromatic N) is 2. The molecule has 0 unspecified atom stereocenters. The number of hydrogen-bond donors (Lipinski definition) is 4. The lowest BCUT2D eigenvalue weighted by Crippen LogP contribution is -1.89. The molecule has 3 aromatic heterocycles. The molecule has 5 heterocycles. The molecular formula is C38H26N4O2. The highest BCUT2D eigenvalue weighted by atomic mass is 16.3. The van der Waals surface area contributed by atoms with Crippen molar-refractivity contribution < 1.29 is 10.2 Å². The highest BCUT2D eigenvalue weighted by Crippen LogP contribution is 2.39. The Labute approximate surface area is 253 Å². The van der Waals surface area contributed by atoms with Crippen LogP contribution in [0, 0.1) is 0 Å². The molecule has 0 radical (unpaired) electrons. The SMILES string of the molecule is Oc1ccccc1-c1c2nc(c(-c3ccccc3)c3ccc([nH]3)c(-c3ccccc3O)c3nc(cc4ccc1[nH]4)C=C3)C=C2. The molecule has 6 nitrogen and oxygen atoms in total. The number of H-pyrrole nitrogens is 2. The van der Waals surface area contributed by atoms with Crippen LogP contribution >= 0.6 is 0 Å². The molecule has 6 aromatic rings. The standard InChI is InChI=1S/C38H26N4O2/c43-34-12-6-4-10-26(34)37-30-16-14-24(39-30)22-25-15-17-31(40-25)38(27-11-5-7-13-35(27)44)33-21-19-29(42-33)36(23-8-2-1-3-9-23)28-18-20-32(37)41-28/h1-22,39,42-44H. The Morgan fingerprint density at radius 3 is 1.66 bits per heavy atom. The van der Waals surface area contributed by atoms with E-state index < -0.39 is 0 Å². The normalized spacial score (nSPS) is 12.1. The number of benzene rings is 3. The molecule has 0 saturated heterocycles. The van der Waals surface area contributed by atoms with Crippen LogP contribution in [0.4, 0.5) is 0 Å². The molecule has 8 bridgehead atoms. The van der Waals surface area contributed by atoms with Gasteiger partial charge in [0.2, 0.25) is 0 Å². The van der Waals surface area contributed by atoms with Crippen LogP contribution in [0.3, 0.4) is 0 Å². The molecule has 2 aliphatic heterocycles. The summed E-state index contributed by atoms with van der Waals surface area (Å²) in [7, 11) is 0. The van der Waals surface area contributed by atoms with Crippen molar-refractivity contribution >= 4 is 46.4 Å². The number of phenolic OH excluding ortho intramolecular Hbond substituents is 2. The maximum Gasteiger partial charge on any atom is 0.123 e. The Morgan fingerprint density at radius 1 is 0.455 bits per heavy atom. The van der Waals surface area contributed by atoms with Crippen LogP contribution < -0.4 is 0 Å². The van der Waals surface area contributed by atoms with Crippen molar-refractivity contribution in [3.63, 3.8) is 0 Å². The predicted octanol–water partition coefficient (Wildman–Crippen LogP) is 9.07. The second kappa shape index (κ2) is 10.3. The predicted molar refractivity (Wildman–Crippen MR) is 178 cm³/mol. The maximum atomic E-state index is 10.9. The number of aromatic amines is 2. The van der Waals surface area contributed by atoms with Crippen LogP contribution in [-0.4, -0.2) is 30.1 Å². The quantitative estimate of drug-likeness (QED) is 0.170. The Morgan fingerprint density at radius 2 is 0.977 bits per heavy atom. The monoisotopic (exact) mass is 570 g/mol. The summed E-state index contributed by atoms with van der Waals surface area (Å²) in [6.45, 7) is 0. The van der Waals surface area contributed by atoms with E-state index in [0.717, 1.165) is 67.1 Å². The number of rotatable bonds is 3. The molecular weight excluding hydrogens is 544 g/mol. The summed E-state index contributed by atoms with van der Waals surface area (Å²) in [6.07, 6.45) is 7.96. The molecule has 0 fully saturated rings. The van der Waals surface area contributed by atoms with Gasteiger partial charge in [0.05, 0.1) is 22.8 Å². The molecule has 0 aliphatic carbocycles.